The van der Waals surface area contributed by atoms with Crippen LogP contribution in [0.4, 0.5) is 14.5 Å². The highest BCUT2D eigenvalue weighted by Crippen LogP contribution is 2.27. The number of benzene rings is 2. The van der Waals surface area contributed by atoms with Gasteiger partial charge in [-0.2, -0.15) is 8.78 Å². The van der Waals surface area contributed by atoms with Gasteiger partial charge in [-0.05, 0) is 56.2 Å². The summed E-state index contributed by atoms with van der Waals surface area (Å²) in [5, 5.41) is 11.8. The summed E-state index contributed by atoms with van der Waals surface area (Å²) in [4.78, 5) is 23.4. The Kier molecular flexibility index (Phi) is 7.31. The number of alkyl halides is 2. The van der Waals surface area contributed by atoms with Crippen molar-refractivity contribution < 1.29 is 33.0 Å². The first-order valence-corrected chi connectivity index (χ1v) is 8.62. The van der Waals surface area contributed by atoms with Crippen LogP contribution >= 0.6 is 0 Å². The molecule has 150 valence electrons. The number of carbonyl (C=O) groups is 2. The van der Waals surface area contributed by atoms with Gasteiger partial charge in [0.15, 0.2) is 0 Å². The second-order valence-electron chi connectivity index (χ2n) is 6.25. The molecule has 1 amide bonds. The highest BCUT2D eigenvalue weighted by atomic mass is 19.3. The number of hydrogen-bond acceptors (Lipinski definition) is 4. The van der Waals surface area contributed by atoms with Gasteiger partial charge >= 0.3 is 12.6 Å². The van der Waals surface area contributed by atoms with E-state index in [1.165, 1.54) is 30.3 Å². The maximum atomic E-state index is 12.3. The van der Waals surface area contributed by atoms with E-state index in [1.54, 1.807) is 12.1 Å². The second kappa shape index (κ2) is 9.68. The first-order chi connectivity index (χ1) is 13.2. The molecule has 0 unspecified atom stereocenters. The van der Waals surface area contributed by atoms with Gasteiger partial charge in [-0.1, -0.05) is 12.1 Å². The number of aromatic carboxylic acids is 1. The molecule has 2 aromatic rings. The minimum atomic E-state index is -2.89. The third-order valence-electron chi connectivity index (χ3n) is 3.65. The molecular formula is C20H21F2NO5. The lowest BCUT2D eigenvalue weighted by Gasteiger charge is -2.15. The Morgan fingerprint density at radius 1 is 1.07 bits per heavy atom. The average molecular weight is 393 g/mol. The first kappa shape index (κ1) is 21.1. The Labute approximate surface area is 161 Å². The van der Waals surface area contributed by atoms with E-state index in [0.29, 0.717) is 12.2 Å². The van der Waals surface area contributed by atoms with E-state index < -0.39 is 12.6 Å². The summed E-state index contributed by atoms with van der Waals surface area (Å²) in [7, 11) is 0. The number of carbonyl (C=O) groups excluding carboxylic acids is 1. The lowest BCUT2D eigenvalue weighted by Crippen LogP contribution is -2.15. The number of aryl methyl sites for hydroxylation is 1. The highest BCUT2D eigenvalue weighted by Gasteiger charge is 2.13. The van der Waals surface area contributed by atoms with Crippen LogP contribution in [0.2, 0.25) is 0 Å². The molecular weight excluding hydrogens is 372 g/mol. The van der Waals surface area contributed by atoms with Gasteiger partial charge in [0.05, 0.1) is 17.4 Å². The SMILES string of the molecule is CC(C)Oc1ccc(C(=O)O)cc1NC(=O)CCc1ccc(OC(F)F)cc1. The fourth-order valence-corrected chi connectivity index (χ4v) is 2.43. The van der Waals surface area contributed by atoms with Crippen molar-refractivity contribution in [1.82, 2.24) is 0 Å². The molecule has 0 spiro atoms. The minimum Gasteiger partial charge on any atom is -0.489 e. The molecule has 8 heteroatoms. The quantitative estimate of drug-likeness (QED) is 0.662. The standard InChI is InChI=1S/C20H21F2NO5/c1-12(2)27-17-9-6-14(19(25)26)11-16(17)23-18(24)10-5-13-3-7-15(8-4-13)28-20(21)22/h3-4,6-9,11-12,20H,5,10H2,1-2H3,(H,23,24)(H,25,26). The summed E-state index contributed by atoms with van der Waals surface area (Å²) in [5.74, 6) is -1.02. The molecule has 0 saturated heterocycles. The third kappa shape index (κ3) is 6.53. The number of anilines is 1. The molecule has 0 heterocycles. The van der Waals surface area contributed by atoms with Gasteiger partial charge in [0.1, 0.15) is 11.5 Å². The van der Waals surface area contributed by atoms with Gasteiger partial charge in [0, 0.05) is 6.42 Å². The Hall–Kier alpha value is -3.16. The third-order valence-corrected chi connectivity index (χ3v) is 3.65. The van der Waals surface area contributed by atoms with E-state index in [0.717, 1.165) is 5.56 Å². The Morgan fingerprint density at radius 2 is 1.75 bits per heavy atom. The summed E-state index contributed by atoms with van der Waals surface area (Å²) in [6.45, 7) is 0.747. The van der Waals surface area contributed by atoms with Gasteiger partial charge in [-0.25, -0.2) is 4.79 Å². The number of amides is 1. The van der Waals surface area contributed by atoms with E-state index in [2.05, 4.69) is 10.1 Å². The molecule has 0 atom stereocenters. The van der Waals surface area contributed by atoms with Gasteiger partial charge in [0.25, 0.3) is 0 Å². The fourth-order valence-electron chi connectivity index (χ4n) is 2.43. The Morgan fingerprint density at radius 3 is 2.32 bits per heavy atom. The molecule has 2 N–H and O–H groups in total. The molecule has 2 rings (SSSR count). The van der Waals surface area contributed by atoms with E-state index in [4.69, 9.17) is 9.84 Å². The number of nitrogens with one attached hydrogen (secondary N) is 1. The zero-order chi connectivity index (χ0) is 20.7. The summed E-state index contributed by atoms with van der Waals surface area (Å²) in [5.41, 5.74) is 1.08. The van der Waals surface area contributed by atoms with Crippen LogP contribution in [0.1, 0.15) is 36.2 Å². The smallest absolute Gasteiger partial charge is 0.387 e. The first-order valence-electron chi connectivity index (χ1n) is 8.62. The summed E-state index contributed by atoms with van der Waals surface area (Å²) in [6, 6.07) is 10.3. The van der Waals surface area contributed by atoms with E-state index in [9.17, 15) is 18.4 Å². The molecule has 0 saturated carbocycles. The van der Waals surface area contributed by atoms with E-state index in [1.807, 2.05) is 13.8 Å². The zero-order valence-corrected chi connectivity index (χ0v) is 15.4. The molecule has 0 bridgehead atoms. The molecule has 28 heavy (non-hydrogen) atoms. The predicted octanol–water partition coefficient (Wildman–Crippen LogP) is 4.34. The monoisotopic (exact) mass is 393 g/mol. The van der Waals surface area contributed by atoms with Crippen LogP contribution in [0.15, 0.2) is 42.5 Å². The summed E-state index contributed by atoms with van der Waals surface area (Å²) in [6.07, 6.45) is 0.341. The largest absolute Gasteiger partial charge is 0.489 e. The number of carboxylic acid groups (broad SMARTS) is 1. The Balaban J connectivity index is 2.01. The van der Waals surface area contributed by atoms with Crippen LogP contribution in [0.3, 0.4) is 0 Å². The molecule has 0 radical (unpaired) electrons. The number of rotatable bonds is 9. The molecule has 0 aliphatic heterocycles. The van der Waals surface area contributed by atoms with Crippen LogP contribution in [0.25, 0.3) is 0 Å². The van der Waals surface area contributed by atoms with Crippen molar-refractivity contribution in [3.8, 4) is 11.5 Å². The number of ether oxygens (including phenoxy) is 2. The molecule has 2 aromatic carbocycles. The van der Waals surface area contributed by atoms with E-state index in [-0.39, 0.29) is 35.4 Å². The van der Waals surface area contributed by atoms with Crippen LogP contribution < -0.4 is 14.8 Å². The predicted molar refractivity (Wildman–Crippen MR) is 99.2 cm³/mol. The number of carboxylic acids is 1. The van der Waals surface area contributed by atoms with Crippen LogP contribution in [0, 0.1) is 0 Å². The van der Waals surface area contributed by atoms with Crippen LogP contribution in [-0.4, -0.2) is 29.7 Å². The summed E-state index contributed by atoms with van der Waals surface area (Å²) < 4.78 is 34.2. The molecule has 0 aromatic heterocycles. The van der Waals surface area contributed by atoms with Crippen LogP contribution in [-0.2, 0) is 11.2 Å². The molecule has 0 aliphatic rings. The fraction of sp³-hybridized carbons (Fsp3) is 0.300. The Bertz CT molecular complexity index is 822. The minimum absolute atomic E-state index is 0.0287. The lowest BCUT2D eigenvalue weighted by atomic mass is 10.1. The van der Waals surface area contributed by atoms with E-state index >= 15 is 0 Å². The van der Waals surface area contributed by atoms with Gasteiger partial charge in [-0.3, -0.25) is 4.79 Å². The maximum Gasteiger partial charge on any atom is 0.387 e. The highest BCUT2D eigenvalue weighted by molar-refractivity contribution is 5.95. The van der Waals surface area contributed by atoms with Crippen molar-refractivity contribution in [2.24, 2.45) is 0 Å². The van der Waals surface area contributed by atoms with Crippen molar-refractivity contribution in [2.45, 2.75) is 39.4 Å². The van der Waals surface area contributed by atoms with Crippen molar-refractivity contribution in [1.29, 1.82) is 0 Å². The van der Waals surface area contributed by atoms with Crippen molar-refractivity contribution in [3.05, 3.63) is 53.6 Å². The molecule has 0 aliphatic carbocycles. The molecule has 6 nitrogen and oxygen atoms in total. The average Bonchev–Trinajstić information content (AvgIpc) is 2.61. The number of hydrogen-bond donors (Lipinski definition) is 2. The number of halogens is 2. The summed E-state index contributed by atoms with van der Waals surface area (Å²) >= 11 is 0. The van der Waals surface area contributed by atoms with Crippen LogP contribution in [0.5, 0.6) is 11.5 Å². The van der Waals surface area contributed by atoms with Crippen molar-refractivity contribution >= 4 is 17.6 Å². The normalized spacial score (nSPS) is 10.8. The van der Waals surface area contributed by atoms with Crippen molar-refractivity contribution in [2.75, 3.05) is 5.32 Å². The van der Waals surface area contributed by atoms with Gasteiger partial charge < -0.3 is 19.9 Å². The van der Waals surface area contributed by atoms with Crippen molar-refractivity contribution in [3.63, 3.8) is 0 Å². The van der Waals surface area contributed by atoms with Gasteiger partial charge in [-0.15, -0.1) is 0 Å². The second-order valence-corrected chi connectivity index (χ2v) is 6.25. The zero-order valence-electron chi connectivity index (χ0n) is 15.4. The lowest BCUT2D eigenvalue weighted by molar-refractivity contribution is -0.116. The maximum absolute atomic E-state index is 12.3. The molecule has 0 fully saturated rings. The van der Waals surface area contributed by atoms with Gasteiger partial charge in [0.2, 0.25) is 5.91 Å². The topological polar surface area (TPSA) is 84.9 Å².